The smallest absolute Gasteiger partial charge is 0.102 e. The number of hydrogen-bond donors (Lipinski definition) is 1. The minimum atomic E-state index is 0.465. The van der Waals surface area contributed by atoms with Crippen LogP contribution in [0.25, 0.3) is 11.1 Å². The predicted molar refractivity (Wildman–Crippen MR) is 112 cm³/mol. The van der Waals surface area contributed by atoms with Gasteiger partial charge in [-0.2, -0.15) is 0 Å². The van der Waals surface area contributed by atoms with E-state index in [4.69, 9.17) is 0 Å². The highest BCUT2D eigenvalue weighted by atomic mass is 32.2. The summed E-state index contributed by atoms with van der Waals surface area (Å²) in [7, 11) is 0. The molecule has 1 aromatic carbocycles. The maximum atomic E-state index is 3.90. The lowest BCUT2D eigenvalue weighted by Crippen LogP contribution is -2.57. The molecule has 1 aromatic rings. The maximum absolute atomic E-state index is 3.90. The van der Waals surface area contributed by atoms with E-state index < -0.39 is 0 Å². The zero-order chi connectivity index (χ0) is 17.1. The van der Waals surface area contributed by atoms with E-state index in [0.29, 0.717) is 6.17 Å². The minimum Gasteiger partial charge on any atom is -0.301 e. The fourth-order valence-corrected chi connectivity index (χ4v) is 8.84. The van der Waals surface area contributed by atoms with Crippen LogP contribution in [0, 0.1) is 17.8 Å². The van der Waals surface area contributed by atoms with Gasteiger partial charge in [-0.3, -0.25) is 0 Å². The van der Waals surface area contributed by atoms with Crippen molar-refractivity contribution in [2.75, 3.05) is 0 Å². The number of rotatable bonds is 1. The third-order valence-corrected chi connectivity index (χ3v) is 9.48. The Balaban J connectivity index is 1.38. The molecule has 0 spiro atoms. The highest BCUT2D eigenvalue weighted by molar-refractivity contribution is 8.06. The SMILES string of the molecule is C1=CC2=c3c(cccc3=CN(C3NSC4CCCC5CCCC3C54)S2)C1. The summed E-state index contributed by atoms with van der Waals surface area (Å²) >= 11 is 4.02. The van der Waals surface area contributed by atoms with Gasteiger partial charge in [0.25, 0.3) is 0 Å². The molecule has 0 aromatic heterocycles. The Kier molecular flexibility index (Phi) is 3.95. The van der Waals surface area contributed by atoms with Gasteiger partial charge in [-0.25, -0.2) is 4.72 Å². The lowest BCUT2D eigenvalue weighted by molar-refractivity contribution is 0.0615. The Labute approximate surface area is 164 Å². The van der Waals surface area contributed by atoms with Gasteiger partial charge in [0.2, 0.25) is 0 Å². The van der Waals surface area contributed by atoms with Gasteiger partial charge in [0.05, 0.1) is 0 Å². The molecular formula is C22H26N2S2. The Morgan fingerprint density at radius 1 is 1.08 bits per heavy atom. The first-order valence-corrected chi connectivity index (χ1v) is 11.9. The standard InChI is InChI=1S/C22H26N2S2/c1-5-14-7-4-12-19-20(14)16(9-1)13-24(26-19)22-17-10-2-6-15-8-3-11-18(21(15)17)25-23-22/h1,4-5,9,12-13,15,17-18,21-23H,2-3,6-8,10-11H2. The third-order valence-electron chi connectivity index (χ3n) is 7.17. The molecule has 5 aliphatic rings. The van der Waals surface area contributed by atoms with Crippen molar-refractivity contribution in [3.63, 3.8) is 0 Å². The number of benzene rings is 1. The fourth-order valence-electron chi connectivity index (χ4n) is 6.10. The van der Waals surface area contributed by atoms with Crippen molar-refractivity contribution in [2.45, 2.75) is 56.4 Å². The van der Waals surface area contributed by atoms with Crippen LogP contribution in [0.4, 0.5) is 0 Å². The van der Waals surface area contributed by atoms with E-state index in [-0.39, 0.29) is 0 Å². The number of allylic oxidation sites excluding steroid dienone is 1. The zero-order valence-electron chi connectivity index (χ0n) is 15.1. The summed E-state index contributed by atoms with van der Waals surface area (Å²) in [5.74, 6) is 2.73. The molecule has 5 unspecified atom stereocenters. The second kappa shape index (κ2) is 6.35. The van der Waals surface area contributed by atoms with E-state index in [1.807, 2.05) is 11.9 Å². The molecule has 6 rings (SSSR count). The second-order valence-electron chi connectivity index (χ2n) is 8.51. The number of nitrogens with zero attached hydrogens (tertiary/aromatic N) is 1. The Hall–Kier alpha value is -0.840. The first-order chi connectivity index (χ1) is 12.9. The van der Waals surface area contributed by atoms with Crippen molar-refractivity contribution in [3.8, 4) is 0 Å². The molecule has 0 bridgehead atoms. The van der Waals surface area contributed by atoms with Crippen molar-refractivity contribution >= 4 is 35.0 Å². The van der Waals surface area contributed by atoms with Crippen LogP contribution in [0.1, 0.15) is 44.1 Å². The van der Waals surface area contributed by atoms with Crippen molar-refractivity contribution < 1.29 is 0 Å². The van der Waals surface area contributed by atoms with Crippen LogP contribution in [0.3, 0.4) is 0 Å². The van der Waals surface area contributed by atoms with Crippen LogP contribution in [0.2, 0.25) is 0 Å². The summed E-state index contributed by atoms with van der Waals surface area (Å²) < 4.78 is 6.46. The van der Waals surface area contributed by atoms with Crippen LogP contribution >= 0.6 is 23.9 Å². The van der Waals surface area contributed by atoms with Crippen LogP contribution < -0.4 is 15.2 Å². The lowest BCUT2D eigenvalue weighted by atomic mass is 9.64. The monoisotopic (exact) mass is 382 g/mol. The summed E-state index contributed by atoms with van der Waals surface area (Å²) in [6, 6.07) is 6.82. The van der Waals surface area contributed by atoms with Crippen molar-refractivity contribution in [1.82, 2.24) is 9.03 Å². The van der Waals surface area contributed by atoms with E-state index in [0.717, 1.165) is 29.4 Å². The molecule has 4 heteroatoms. The molecule has 1 N–H and O–H groups in total. The highest BCUT2D eigenvalue weighted by Gasteiger charge is 2.48. The van der Waals surface area contributed by atoms with Gasteiger partial charge in [-0.15, -0.1) is 0 Å². The quantitative estimate of drug-likeness (QED) is 0.744. The Morgan fingerprint density at radius 3 is 2.96 bits per heavy atom. The highest BCUT2D eigenvalue weighted by Crippen LogP contribution is 2.52. The number of nitrogens with one attached hydrogen (secondary N) is 1. The van der Waals surface area contributed by atoms with Crippen molar-refractivity contribution in [2.24, 2.45) is 17.8 Å². The lowest BCUT2D eigenvalue weighted by Gasteiger charge is -2.54. The summed E-state index contributed by atoms with van der Waals surface area (Å²) in [6.45, 7) is 0. The molecule has 0 amide bonds. The minimum absolute atomic E-state index is 0.465. The average Bonchev–Trinajstić information content (AvgIpc) is 2.69. The van der Waals surface area contributed by atoms with Crippen LogP contribution in [-0.4, -0.2) is 15.7 Å². The van der Waals surface area contributed by atoms with Crippen molar-refractivity contribution in [3.05, 3.63) is 46.4 Å². The zero-order valence-corrected chi connectivity index (χ0v) is 16.7. The molecule has 2 heterocycles. The van der Waals surface area contributed by atoms with Gasteiger partial charge in [-0.05, 0) is 60.6 Å². The second-order valence-corrected chi connectivity index (χ2v) is 10.6. The Morgan fingerprint density at radius 2 is 2.00 bits per heavy atom. The van der Waals surface area contributed by atoms with Gasteiger partial charge in [0.15, 0.2) is 0 Å². The summed E-state index contributed by atoms with van der Waals surface area (Å²) in [5, 5.41) is 3.74. The predicted octanol–water partition coefficient (Wildman–Crippen LogP) is 3.77. The van der Waals surface area contributed by atoms with Gasteiger partial charge in [0.1, 0.15) is 6.17 Å². The molecule has 136 valence electrons. The topological polar surface area (TPSA) is 15.3 Å². The molecule has 0 radical (unpaired) electrons. The molecule has 2 aliphatic heterocycles. The summed E-state index contributed by atoms with van der Waals surface area (Å²) in [6.07, 6.45) is 17.3. The molecule has 3 aliphatic carbocycles. The van der Waals surface area contributed by atoms with E-state index in [1.165, 1.54) is 59.4 Å². The van der Waals surface area contributed by atoms with E-state index in [2.05, 4.69) is 57.5 Å². The van der Waals surface area contributed by atoms with E-state index in [9.17, 15) is 0 Å². The average molecular weight is 383 g/mol. The number of hydrogen-bond acceptors (Lipinski definition) is 4. The normalized spacial score (nSPS) is 37.6. The molecule has 26 heavy (non-hydrogen) atoms. The van der Waals surface area contributed by atoms with Gasteiger partial charge in [-0.1, -0.05) is 61.9 Å². The van der Waals surface area contributed by atoms with Crippen molar-refractivity contribution in [1.29, 1.82) is 0 Å². The molecular weight excluding hydrogens is 356 g/mol. The summed E-state index contributed by atoms with van der Waals surface area (Å²) in [5.41, 5.74) is 1.49. The van der Waals surface area contributed by atoms with Gasteiger partial charge >= 0.3 is 0 Å². The largest absolute Gasteiger partial charge is 0.301 e. The first kappa shape index (κ1) is 16.1. The molecule has 3 fully saturated rings. The van der Waals surface area contributed by atoms with E-state index >= 15 is 0 Å². The van der Waals surface area contributed by atoms with Crippen LogP contribution in [0.15, 0.2) is 30.4 Å². The van der Waals surface area contributed by atoms with E-state index in [1.54, 1.807) is 0 Å². The molecule has 1 saturated heterocycles. The molecule has 2 saturated carbocycles. The molecule has 2 nitrogen and oxygen atoms in total. The first-order valence-electron chi connectivity index (χ1n) is 10.3. The van der Waals surface area contributed by atoms with Gasteiger partial charge in [0, 0.05) is 26.8 Å². The summed E-state index contributed by atoms with van der Waals surface area (Å²) in [4.78, 5) is 1.44. The van der Waals surface area contributed by atoms with Crippen LogP contribution in [0.5, 0.6) is 0 Å². The fraction of sp³-hybridized carbons (Fsp3) is 0.545. The van der Waals surface area contributed by atoms with Gasteiger partial charge < -0.3 is 4.31 Å². The maximum Gasteiger partial charge on any atom is 0.102 e. The third kappa shape index (κ3) is 2.45. The molecule has 5 atom stereocenters. The Bertz CT molecular complexity index is 868. The van der Waals surface area contributed by atoms with Crippen LogP contribution in [-0.2, 0) is 6.42 Å².